The van der Waals surface area contributed by atoms with Crippen LogP contribution in [0.5, 0.6) is 0 Å². The van der Waals surface area contributed by atoms with Crippen molar-refractivity contribution >= 4 is 25.3 Å². The SMILES string of the molecule is C=C(Cn1ccnc1C)C1(O)CCC2C3CCC4CC(C(C)(S)S)CCC4(C)C3CCC21C. The van der Waals surface area contributed by atoms with E-state index in [1.165, 1.54) is 38.5 Å². The average Bonchev–Trinajstić information content (AvgIpc) is 3.27. The van der Waals surface area contributed by atoms with Crippen LogP contribution in [0.15, 0.2) is 24.5 Å². The summed E-state index contributed by atoms with van der Waals surface area (Å²) < 4.78 is 1.96. The van der Waals surface area contributed by atoms with E-state index in [0.717, 1.165) is 48.4 Å². The van der Waals surface area contributed by atoms with Crippen LogP contribution < -0.4 is 0 Å². The second kappa shape index (κ2) is 8.06. The number of aromatic nitrogens is 2. The summed E-state index contributed by atoms with van der Waals surface area (Å²) in [6.07, 6.45) is 14.8. The van der Waals surface area contributed by atoms with Gasteiger partial charge >= 0.3 is 0 Å². The summed E-state index contributed by atoms with van der Waals surface area (Å²) in [6.45, 7) is 14.4. The third kappa shape index (κ3) is 3.61. The smallest absolute Gasteiger partial charge is 0.105 e. The molecule has 0 saturated heterocycles. The predicted molar refractivity (Wildman–Crippen MR) is 143 cm³/mol. The third-order valence-corrected chi connectivity index (χ3v) is 12.2. The van der Waals surface area contributed by atoms with Crippen LogP contribution in [0.2, 0.25) is 0 Å². The Morgan fingerprint density at radius 3 is 2.55 bits per heavy atom. The van der Waals surface area contributed by atoms with Gasteiger partial charge < -0.3 is 9.67 Å². The van der Waals surface area contributed by atoms with Crippen LogP contribution in [0.4, 0.5) is 0 Å². The van der Waals surface area contributed by atoms with Gasteiger partial charge in [0, 0.05) is 24.4 Å². The number of hydrogen-bond acceptors (Lipinski definition) is 4. The lowest BCUT2D eigenvalue weighted by Crippen LogP contribution is -2.57. The Bertz CT molecular complexity index is 921. The number of aryl methyl sites for hydroxylation is 1. The molecule has 4 fully saturated rings. The van der Waals surface area contributed by atoms with Crippen molar-refractivity contribution in [1.82, 2.24) is 9.55 Å². The van der Waals surface area contributed by atoms with E-state index in [9.17, 15) is 5.11 Å². The molecule has 0 amide bonds. The normalized spacial score (nSPS) is 45.2. The molecule has 8 atom stereocenters. The zero-order valence-electron chi connectivity index (χ0n) is 21.1. The lowest BCUT2D eigenvalue weighted by atomic mass is 9.43. The molecule has 1 aromatic rings. The van der Waals surface area contributed by atoms with E-state index in [1.54, 1.807) is 0 Å². The molecule has 0 aliphatic heterocycles. The summed E-state index contributed by atoms with van der Waals surface area (Å²) >= 11 is 9.67. The number of rotatable bonds is 4. The van der Waals surface area contributed by atoms with E-state index < -0.39 is 5.60 Å². The van der Waals surface area contributed by atoms with Crippen LogP contribution >= 0.6 is 25.3 Å². The zero-order valence-corrected chi connectivity index (χ0v) is 22.8. The highest BCUT2D eigenvalue weighted by Crippen LogP contribution is 2.69. The first-order valence-corrected chi connectivity index (χ1v) is 14.1. The molecule has 0 bridgehead atoms. The number of thiol groups is 2. The molecule has 5 heteroatoms. The molecule has 0 radical (unpaired) electrons. The minimum atomic E-state index is -0.769. The maximum atomic E-state index is 12.2. The highest BCUT2D eigenvalue weighted by Gasteiger charge is 2.65. The van der Waals surface area contributed by atoms with E-state index in [-0.39, 0.29) is 9.49 Å². The molecule has 33 heavy (non-hydrogen) atoms. The summed E-state index contributed by atoms with van der Waals surface area (Å²) in [5.74, 6) is 4.56. The van der Waals surface area contributed by atoms with Gasteiger partial charge in [0.2, 0.25) is 0 Å². The van der Waals surface area contributed by atoms with Gasteiger partial charge in [0.05, 0.1) is 9.68 Å². The lowest BCUT2D eigenvalue weighted by Gasteiger charge is -2.62. The van der Waals surface area contributed by atoms with E-state index in [4.69, 9.17) is 25.3 Å². The maximum Gasteiger partial charge on any atom is 0.105 e. The molecular formula is C28H44N2OS2. The van der Waals surface area contributed by atoms with Crippen LogP contribution in [0.1, 0.15) is 84.4 Å². The Balaban J connectivity index is 1.37. The molecule has 0 aromatic carbocycles. The summed E-state index contributed by atoms with van der Waals surface area (Å²) in [7, 11) is 0. The third-order valence-electron chi connectivity index (χ3n) is 11.5. The lowest BCUT2D eigenvalue weighted by molar-refractivity contribution is -0.145. The molecule has 5 rings (SSSR count). The molecular weight excluding hydrogens is 444 g/mol. The van der Waals surface area contributed by atoms with Gasteiger partial charge in [-0.1, -0.05) is 20.4 Å². The molecule has 3 nitrogen and oxygen atoms in total. The largest absolute Gasteiger partial charge is 0.385 e. The quantitative estimate of drug-likeness (QED) is 0.250. The van der Waals surface area contributed by atoms with Gasteiger partial charge in [0.15, 0.2) is 0 Å². The predicted octanol–water partition coefficient (Wildman–Crippen LogP) is 6.71. The summed E-state index contributed by atoms with van der Waals surface area (Å²) in [5.41, 5.74) is 0.595. The number of hydrogen-bond donors (Lipinski definition) is 3. The average molecular weight is 489 g/mol. The standard InChI is InChI=1S/C28H44N2OS2/c1-18(17-30-15-14-29-19(30)2)28(31)13-10-24-22-7-6-20-16-21(27(5,32)33)8-11-25(20,3)23(22)9-12-26(24,28)4/h14-15,20-24,31-33H,1,6-13,16-17H2,2-5H3. The fraction of sp³-hybridized carbons (Fsp3) is 0.821. The fourth-order valence-corrected chi connectivity index (χ4v) is 9.73. The van der Waals surface area contributed by atoms with Crippen molar-refractivity contribution in [1.29, 1.82) is 0 Å². The van der Waals surface area contributed by atoms with Gasteiger partial charge in [0.25, 0.3) is 0 Å². The van der Waals surface area contributed by atoms with Crippen molar-refractivity contribution in [2.45, 2.75) is 102 Å². The first kappa shape index (κ1) is 24.3. The van der Waals surface area contributed by atoms with E-state index >= 15 is 0 Å². The second-order valence-electron chi connectivity index (χ2n) is 12.8. The molecule has 4 aliphatic carbocycles. The summed E-state index contributed by atoms with van der Waals surface area (Å²) in [4.78, 5) is 4.37. The van der Waals surface area contributed by atoms with Crippen molar-refractivity contribution in [3.63, 3.8) is 0 Å². The molecule has 0 spiro atoms. The molecule has 4 saturated carbocycles. The first-order chi connectivity index (χ1) is 15.4. The van der Waals surface area contributed by atoms with Gasteiger partial charge in [0.1, 0.15) is 5.82 Å². The Hall–Kier alpha value is -0.390. The van der Waals surface area contributed by atoms with Gasteiger partial charge in [-0.3, -0.25) is 0 Å². The zero-order chi connectivity index (χ0) is 23.8. The molecule has 4 aliphatic rings. The molecule has 1 heterocycles. The van der Waals surface area contributed by atoms with Gasteiger partial charge in [-0.15, -0.1) is 0 Å². The number of fused-ring (bicyclic) bond motifs is 5. The summed E-state index contributed by atoms with van der Waals surface area (Å²) in [6, 6.07) is 0. The Morgan fingerprint density at radius 1 is 1.15 bits per heavy atom. The first-order valence-electron chi connectivity index (χ1n) is 13.2. The number of aliphatic hydroxyl groups is 1. The van der Waals surface area contributed by atoms with Crippen LogP contribution in [0, 0.1) is 47.3 Å². The Labute approximate surface area is 212 Å². The van der Waals surface area contributed by atoms with Crippen molar-refractivity contribution in [2.24, 2.45) is 40.4 Å². The summed E-state index contributed by atoms with van der Waals surface area (Å²) in [5, 5.41) is 12.2. The van der Waals surface area contributed by atoms with Crippen molar-refractivity contribution < 1.29 is 5.11 Å². The van der Waals surface area contributed by atoms with Gasteiger partial charge in [-0.05, 0) is 112 Å². The van der Waals surface area contributed by atoms with Gasteiger partial charge in [-0.25, -0.2) is 4.98 Å². The van der Waals surface area contributed by atoms with E-state index in [0.29, 0.717) is 23.8 Å². The van der Waals surface area contributed by atoms with Crippen molar-refractivity contribution in [3.05, 3.63) is 30.4 Å². The number of imidazole rings is 1. The van der Waals surface area contributed by atoms with E-state index in [1.807, 2.05) is 19.3 Å². The Kier molecular flexibility index (Phi) is 5.94. The van der Waals surface area contributed by atoms with Crippen molar-refractivity contribution in [2.75, 3.05) is 0 Å². The van der Waals surface area contributed by atoms with Crippen LogP contribution in [-0.2, 0) is 6.54 Å². The maximum absolute atomic E-state index is 12.2. The van der Waals surface area contributed by atoms with Crippen LogP contribution in [-0.4, -0.2) is 24.3 Å². The molecule has 1 N–H and O–H groups in total. The second-order valence-corrected chi connectivity index (χ2v) is 15.0. The molecule has 184 valence electrons. The molecule has 1 aromatic heterocycles. The number of nitrogens with zero attached hydrogens (tertiary/aromatic N) is 2. The highest BCUT2D eigenvalue weighted by atomic mass is 32.2. The van der Waals surface area contributed by atoms with Crippen LogP contribution in [0.3, 0.4) is 0 Å². The molecule has 8 unspecified atom stereocenters. The topological polar surface area (TPSA) is 38.0 Å². The highest BCUT2D eigenvalue weighted by molar-refractivity contribution is 8.00. The monoisotopic (exact) mass is 488 g/mol. The Morgan fingerprint density at radius 2 is 1.88 bits per heavy atom. The van der Waals surface area contributed by atoms with Crippen LogP contribution in [0.25, 0.3) is 0 Å². The van der Waals surface area contributed by atoms with Gasteiger partial charge in [-0.2, -0.15) is 25.3 Å². The van der Waals surface area contributed by atoms with E-state index in [2.05, 4.69) is 36.9 Å². The minimum Gasteiger partial charge on any atom is -0.385 e. The van der Waals surface area contributed by atoms with Crippen molar-refractivity contribution in [3.8, 4) is 0 Å². The minimum absolute atomic E-state index is 0.0606. The fourth-order valence-electron chi connectivity index (χ4n) is 9.26.